The lowest BCUT2D eigenvalue weighted by Crippen LogP contribution is -2.06. The van der Waals surface area contributed by atoms with E-state index in [-0.39, 0.29) is 5.56 Å². The monoisotopic (exact) mass is 373 g/mol. The third-order valence-corrected chi connectivity index (χ3v) is 5.62. The van der Waals surface area contributed by atoms with Gasteiger partial charge in [0.2, 0.25) is 0 Å². The number of benzene rings is 1. The molecule has 2 heterocycles. The molecule has 0 amide bonds. The van der Waals surface area contributed by atoms with Crippen LogP contribution in [0.3, 0.4) is 0 Å². The third kappa shape index (κ3) is 3.28. The van der Waals surface area contributed by atoms with Crippen LogP contribution in [0, 0.1) is 5.92 Å². The summed E-state index contributed by atoms with van der Waals surface area (Å²) in [6.45, 7) is 0. The van der Waals surface area contributed by atoms with Crippen molar-refractivity contribution in [2.75, 3.05) is 5.32 Å². The van der Waals surface area contributed by atoms with Crippen LogP contribution in [0.4, 0.5) is 11.5 Å². The van der Waals surface area contributed by atoms with E-state index in [4.69, 9.17) is 0 Å². The highest BCUT2D eigenvalue weighted by atomic mass is 16.4. The molecule has 0 radical (unpaired) electrons. The van der Waals surface area contributed by atoms with Gasteiger partial charge in [0.1, 0.15) is 11.4 Å². The van der Waals surface area contributed by atoms with Gasteiger partial charge in [0, 0.05) is 36.1 Å². The van der Waals surface area contributed by atoms with Crippen molar-refractivity contribution >= 4 is 34.5 Å². The minimum Gasteiger partial charge on any atom is -0.478 e. The molecule has 5 nitrogen and oxygen atoms in total. The number of nitrogens with one attached hydrogen (secondary N) is 1. The zero-order valence-electron chi connectivity index (χ0n) is 15.9. The van der Waals surface area contributed by atoms with Crippen molar-refractivity contribution in [3.05, 3.63) is 59.4 Å². The zero-order valence-corrected chi connectivity index (χ0v) is 15.9. The van der Waals surface area contributed by atoms with Gasteiger partial charge >= 0.3 is 5.97 Å². The Bertz CT molecular complexity index is 1100. The Kier molecular flexibility index (Phi) is 3.97. The first-order valence-corrected chi connectivity index (χ1v) is 9.86. The number of aromatic carboxylic acids is 1. The molecule has 5 heteroatoms. The quantitative estimate of drug-likeness (QED) is 0.614. The fourth-order valence-corrected chi connectivity index (χ4v) is 3.73. The number of carboxylic acid groups (broad SMARTS) is 1. The number of aryl methyl sites for hydroxylation is 1. The molecule has 0 atom stereocenters. The van der Waals surface area contributed by atoms with Gasteiger partial charge in [0.05, 0.1) is 5.52 Å². The highest BCUT2D eigenvalue weighted by molar-refractivity contribution is 5.96. The molecule has 3 aromatic rings. The Morgan fingerprint density at radius 1 is 1.25 bits per heavy atom. The maximum absolute atomic E-state index is 11.8. The molecule has 0 spiro atoms. The van der Waals surface area contributed by atoms with Gasteiger partial charge < -0.3 is 15.0 Å². The summed E-state index contributed by atoms with van der Waals surface area (Å²) >= 11 is 0. The molecule has 2 aliphatic rings. The molecule has 28 heavy (non-hydrogen) atoms. The average Bonchev–Trinajstić information content (AvgIpc) is 3.59. The second-order valence-corrected chi connectivity index (χ2v) is 8.00. The minimum absolute atomic E-state index is 0.229. The summed E-state index contributed by atoms with van der Waals surface area (Å²) in [4.78, 5) is 16.2. The summed E-state index contributed by atoms with van der Waals surface area (Å²) in [5, 5.41) is 14.0. The first-order valence-electron chi connectivity index (χ1n) is 9.86. The van der Waals surface area contributed by atoms with Crippen LogP contribution >= 0.6 is 0 Å². The van der Waals surface area contributed by atoms with Gasteiger partial charge in [-0.2, -0.15) is 0 Å². The van der Waals surface area contributed by atoms with Crippen LogP contribution in [0.2, 0.25) is 0 Å². The molecule has 2 aliphatic carbocycles. The van der Waals surface area contributed by atoms with Crippen LogP contribution in [-0.4, -0.2) is 20.6 Å². The van der Waals surface area contributed by atoms with Gasteiger partial charge in [0.25, 0.3) is 0 Å². The van der Waals surface area contributed by atoms with Gasteiger partial charge in [-0.05, 0) is 67.3 Å². The fourth-order valence-electron chi connectivity index (χ4n) is 3.73. The first kappa shape index (κ1) is 17.0. The molecule has 2 aromatic heterocycles. The van der Waals surface area contributed by atoms with E-state index in [1.807, 2.05) is 19.3 Å². The highest BCUT2D eigenvalue weighted by Crippen LogP contribution is 2.41. The van der Waals surface area contributed by atoms with Crippen molar-refractivity contribution in [3.8, 4) is 0 Å². The van der Waals surface area contributed by atoms with Crippen LogP contribution in [-0.2, 0) is 7.05 Å². The van der Waals surface area contributed by atoms with Crippen LogP contribution in [0.25, 0.3) is 17.0 Å². The Balaban J connectivity index is 1.53. The summed E-state index contributed by atoms with van der Waals surface area (Å²) in [5.41, 5.74) is 4.41. The summed E-state index contributed by atoms with van der Waals surface area (Å²) in [5.74, 6) is 0.609. The van der Waals surface area contributed by atoms with Gasteiger partial charge in [-0.3, -0.25) is 0 Å². The minimum atomic E-state index is -0.952. The van der Waals surface area contributed by atoms with E-state index in [0.29, 0.717) is 17.7 Å². The molecule has 2 saturated carbocycles. The van der Waals surface area contributed by atoms with Gasteiger partial charge in [0.15, 0.2) is 0 Å². The topological polar surface area (TPSA) is 67.2 Å². The maximum atomic E-state index is 11.8. The summed E-state index contributed by atoms with van der Waals surface area (Å²) in [6, 6.07) is 7.97. The lowest BCUT2D eigenvalue weighted by molar-refractivity contribution is 0.0697. The van der Waals surface area contributed by atoms with E-state index >= 15 is 0 Å². The summed E-state index contributed by atoms with van der Waals surface area (Å²) < 4.78 is 2.12. The van der Waals surface area contributed by atoms with Crippen molar-refractivity contribution in [1.82, 2.24) is 9.55 Å². The van der Waals surface area contributed by atoms with E-state index in [0.717, 1.165) is 35.0 Å². The molecular formula is C23H23N3O2. The van der Waals surface area contributed by atoms with Crippen molar-refractivity contribution in [2.45, 2.75) is 31.6 Å². The number of fused-ring (bicyclic) bond motifs is 1. The standard InChI is InChI=1S/C23H23N3O2/c1-26-9-8-17-11-19(10-16(21(17)26)5-4-14-2-3-14)25-22-20(23(27)28)12-18(13-24-22)15-6-7-15/h4-5,8-15H,2-3,6-7H2,1H3,(H,24,25)(H,27,28). The summed E-state index contributed by atoms with van der Waals surface area (Å²) in [6.07, 6.45) is 13.1. The van der Waals surface area contributed by atoms with E-state index in [1.54, 1.807) is 12.3 Å². The van der Waals surface area contributed by atoms with Crippen molar-refractivity contribution < 1.29 is 9.90 Å². The Morgan fingerprint density at radius 2 is 2.07 bits per heavy atom. The van der Waals surface area contributed by atoms with Gasteiger partial charge in [-0.15, -0.1) is 0 Å². The van der Waals surface area contributed by atoms with Crippen molar-refractivity contribution in [2.24, 2.45) is 13.0 Å². The number of hydrogen-bond acceptors (Lipinski definition) is 3. The van der Waals surface area contributed by atoms with Crippen LogP contribution < -0.4 is 5.32 Å². The molecule has 5 rings (SSSR count). The predicted molar refractivity (Wildman–Crippen MR) is 111 cm³/mol. The summed E-state index contributed by atoms with van der Waals surface area (Å²) in [7, 11) is 2.05. The van der Waals surface area contributed by atoms with Crippen LogP contribution in [0.15, 0.2) is 42.7 Å². The smallest absolute Gasteiger partial charge is 0.339 e. The molecular weight excluding hydrogens is 350 g/mol. The highest BCUT2D eigenvalue weighted by Gasteiger charge is 2.26. The van der Waals surface area contributed by atoms with E-state index in [2.05, 4.69) is 39.2 Å². The molecule has 142 valence electrons. The SMILES string of the molecule is Cn1ccc2cc(Nc3ncc(C4CC4)cc3C(=O)O)cc(C=CC3CC3)c21. The van der Waals surface area contributed by atoms with Gasteiger partial charge in [-0.25, -0.2) is 9.78 Å². The first-order chi connectivity index (χ1) is 13.6. The van der Waals surface area contributed by atoms with Crippen LogP contribution in [0.1, 0.15) is 53.1 Å². The molecule has 1 aromatic carbocycles. The number of carboxylic acids is 1. The lowest BCUT2D eigenvalue weighted by atomic mass is 10.1. The number of rotatable bonds is 6. The number of aromatic nitrogens is 2. The number of anilines is 2. The number of carbonyl (C=O) groups is 1. The maximum Gasteiger partial charge on any atom is 0.339 e. The van der Waals surface area contributed by atoms with E-state index in [9.17, 15) is 9.90 Å². The Morgan fingerprint density at radius 3 is 2.79 bits per heavy atom. The van der Waals surface area contributed by atoms with Crippen molar-refractivity contribution in [3.63, 3.8) is 0 Å². The Labute approximate surface area is 163 Å². The predicted octanol–water partition coefficient (Wildman–Crippen LogP) is 5.32. The number of pyridine rings is 1. The number of nitrogens with zero attached hydrogens (tertiary/aromatic N) is 2. The fraction of sp³-hybridized carbons (Fsp3) is 0.304. The van der Waals surface area contributed by atoms with E-state index < -0.39 is 5.97 Å². The third-order valence-electron chi connectivity index (χ3n) is 5.62. The lowest BCUT2D eigenvalue weighted by Gasteiger charge is -2.12. The molecule has 2 N–H and O–H groups in total. The number of allylic oxidation sites excluding steroid dienone is 1. The number of hydrogen-bond donors (Lipinski definition) is 2. The molecule has 0 aliphatic heterocycles. The molecule has 0 unspecified atom stereocenters. The second kappa shape index (κ2) is 6.51. The molecule has 2 fully saturated rings. The Hall–Kier alpha value is -3.08. The zero-order chi connectivity index (χ0) is 19.3. The normalized spacial score (nSPS) is 16.8. The molecule has 0 saturated heterocycles. The largest absolute Gasteiger partial charge is 0.478 e. The average molecular weight is 373 g/mol. The van der Waals surface area contributed by atoms with Crippen LogP contribution in [0.5, 0.6) is 0 Å². The van der Waals surface area contributed by atoms with Crippen molar-refractivity contribution in [1.29, 1.82) is 0 Å². The van der Waals surface area contributed by atoms with Gasteiger partial charge in [-0.1, -0.05) is 12.2 Å². The second-order valence-electron chi connectivity index (χ2n) is 8.00. The molecule has 0 bridgehead atoms. The van der Waals surface area contributed by atoms with E-state index in [1.165, 1.54) is 18.4 Å².